The van der Waals surface area contributed by atoms with Crippen molar-refractivity contribution >= 4 is 11.6 Å². The van der Waals surface area contributed by atoms with Crippen molar-refractivity contribution in [1.29, 1.82) is 0 Å². The second kappa shape index (κ2) is 7.13. The Hall–Kier alpha value is -2.56. The minimum atomic E-state index is -0.696. The topological polar surface area (TPSA) is 47.6 Å². The van der Waals surface area contributed by atoms with Crippen LogP contribution < -0.4 is 14.8 Å². The van der Waals surface area contributed by atoms with E-state index in [0.29, 0.717) is 30.0 Å². The summed E-state index contributed by atoms with van der Waals surface area (Å²) in [6.45, 7) is 0. The fourth-order valence-electron chi connectivity index (χ4n) is 3.54. The number of amides is 1. The average Bonchev–Trinajstić information content (AvgIpc) is 3.12. The summed E-state index contributed by atoms with van der Waals surface area (Å²) in [5.74, 6) is 0.757. The number of benzene rings is 2. The summed E-state index contributed by atoms with van der Waals surface area (Å²) >= 11 is 0. The van der Waals surface area contributed by atoms with Crippen LogP contribution in [-0.4, -0.2) is 20.1 Å². The van der Waals surface area contributed by atoms with E-state index in [1.165, 1.54) is 12.1 Å². The number of hydrogen-bond donors (Lipinski definition) is 1. The third-order valence-electron chi connectivity index (χ3n) is 4.88. The van der Waals surface area contributed by atoms with E-state index >= 15 is 0 Å². The fraction of sp³-hybridized carbons (Fsp3) is 0.350. The molecular formula is C20H22FNO3. The summed E-state index contributed by atoms with van der Waals surface area (Å²) in [7, 11) is 3.12. The smallest absolute Gasteiger partial charge is 0.235 e. The van der Waals surface area contributed by atoms with Gasteiger partial charge < -0.3 is 14.8 Å². The van der Waals surface area contributed by atoms with E-state index in [4.69, 9.17) is 9.47 Å². The highest BCUT2D eigenvalue weighted by atomic mass is 19.1. The SMILES string of the molecule is COc1cc(NC(=O)C2(c3cccc(F)c3)CCCC2)cc(OC)c1. The number of nitrogens with one attached hydrogen (secondary N) is 1. The first-order chi connectivity index (χ1) is 12.1. The van der Waals surface area contributed by atoms with Gasteiger partial charge in [-0.2, -0.15) is 0 Å². The van der Waals surface area contributed by atoms with Crippen LogP contribution in [0.3, 0.4) is 0 Å². The molecule has 1 aliphatic rings. The summed E-state index contributed by atoms with van der Waals surface area (Å²) in [5.41, 5.74) is 0.638. The Morgan fingerprint density at radius 3 is 2.24 bits per heavy atom. The van der Waals surface area contributed by atoms with Crippen molar-refractivity contribution in [2.24, 2.45) is 0 Å². The molecule has 0 heterocycles. The lowest BCUT2D eigenvalue weighted by atomic mass is 9.78. The van der Waals surface area contributed by atoms with Gasteiger partial charge in [-0.05, 0) is 30.5 Å². The van der Waals surface area contributed by atoms with Gasteiger partial charge in [0.25, 0.3) is 0 Å². The number of hydrogen-bond acceptors (Lipinski definition) is 3. The van der Waals surface area contributed by atoms with E-state index in [1.807, 2.05) is 6.07 Å². The van der Waals surface area contributed by atoms with Crippen molar-refractivity contribution in [1.82, 2.24) is 0 Å². The second-order valence-corrected chi connectivity index (χ2v) is 6.36. The van der Waals surface area contributed by atoms with Crippen LogP contribution in [0.1, 0.15) is 31.2 Å². The highest BCUT2D eigenvalue weighted by Gasteiger charge is 2.42. The Kier molecular flexibility index (Phi) is 4.93. The zero-order valence-electron chi connectivity index (χ0n) is 14.5. The normalized spacial score (nSPS) is 15.6. The number of halogens is 1. The molecule has 0 bridgehead atoms. The zero-order chi connectivity index (χ0) is 17.9. The van der Waals surface area contributed by atoms with Crippen LogP contribution in [0, 0.1) is 5.82 Å². The molecule has 0 atom stereocenters. The zero-order valence-corrected chi connectivity index (χ0v) is 14.5. The summed E-state index contributed by atoms with van der Waals surface area (Å²) in [6.07, 6.45) is 3.32. The molecular weight excluding hydrogens is 321 g/mol. The molecule has 3 rings (SSSR count). The Balaban J connectivity index is 1.92. The molecule has 1 amide bonds. The molecule has 0 unspecified atom stereocenters. The van der Waals surface area contributed by atoms with Gasteiger partial charge in [-0.15, -0.1) is 0 Å². The molecule has 1 N–H and O–H groups in total. The predicted octanol–water partition coefficient (Wildman–Crippen LogP) is 4.29. The number of carbonyl (C=O) groups is 1. The van der Waals surface area contributed by atoms with Crippen molar-refractivity contribution in [3.63, 3.8) is 0 Å². The molecule has 0 saturated heterocycles. The van der Waals surface area contributed by atoms with Gasteiger partial charge in [-0.1, -0.05) is 25.0 Å². The van der Waals surface area contributed by atoms with E-state index in [2.05, 4.69) is 5.32 Å². The summed E-state index contributed by atoms with van der Waals surface area (Å²) < 4.78 is 24.2. The van der Waals surface area contributed by atoms with Crippen LogP contribution in [0.15, 0.2) is 42.5 Å². The first-order valence-corrected chi connectivity index (χ1v) is 8.38. The molecule has 0 radical (unpaired) electrons. The van der Waals surface area contributed by atoms with Crippen LogP contribution in [-0.2, 0) is 10.2 Å². The van der Waals surface area contributed by atoms with Crippen LogP contribution >= 0.6 is 0 Å². The Labute approximate surface area is 147 Å². The van der Waals surface area contributed by atoms with E-state index in [9.17, 15) is 9.18 Å². The first-order valence-electron chi connectivity index (χ1n) is 8.38. The fourth-order valence-corrected chi connectivity index (χ4v) is 3.54. The van der Waals surface area contributed by atoms with E-state index in [-0.39, 0.29) is 11.7 Å². The van der Waals surface area contributed by atoms with Crippen molar-refractivity contribution in [2.45, 2.75) is 31.1 Å². The Morgan fingerprint density at radius 1 is 1.04 bits per heavy atom. The number of carbonyl (C=O) groups excluding carboxylic acids is 1. The monoisotopic (exact) mass is 343 g/mol. The maximum Gasteiger partial charge on any atom is 0.235 e. The third kappa shape index (κ3) is 3.45. The molecule has 25 heavy (non-hydrogen) atoms. The number of methoxy groups -OCH3 is 2. The highest BCUT2D eigenvalue weighted by Crippen LogP contribution is 2.42. The largest absolute Gasteiger partial charge is 0.497 e. The molecule has 1 aliphatic carbocycles. The number of ether oxygens (including phenoxy) is 2. The van der Waals surface area contributed by atoms with Crippen molar-refractivity contribution in [3.05, 3.63) is 53.8 Å². The number of rotatable bonds is 5. The lowest BCUT2D eigenvalue weighted by Gasteiger charge is -2.28. The second-order valence-electron chi connectivity index (χ2n) is 6.36. The van der Waals surface area contributed by atoms with Gasteiger partial charge in [0.15, 0.2) is 0 Å². The van der Waals surface area contributed by atoms with Gasteiger partial charge in [0.1, 0.15) is 17.3 Å². The van der Waals surface area contributed by atoms with Gasteiger partial charge in [-0.3, -0.25) is 4.79 Å². The van der Waals surface area contributed by atoms with Gasteiger partial charge in [0.05, 0.1) is 19.6 Å². The van der Waals surface area contributed by atoms with Crippen LogP contribution in [0.2, 0.25) is 0 Å². The standard InChI is InChI=1S/C20H22FNO3/c1-24-17-11-16(12-18(13-17)25-2)22-19(23)20(8-3-4-9-20)14-6-5-7-15(21)10-14/h5-7,10-13H,3-4,8-9H2,1-2H3,(H,22,23). The molecule has 4 nitrogen and oxygen atoms in total. The third-order valence-corrected chi connectivity index (χ3v) is 4.88. The lowest BCUT2D eigenvalue weighted by molar-refractivity contribution is -0.121. The van der Waals surface area contributed by atoms with Crippen LogP contribution in [0.4, 0.5) is 10.1 Å². The van der Waals surface area contributed by atoms with E-state index < -0.39 is 5.41 Å². The van der Waals surface area contributed by atoms with Gasteiger partial charge >= 0.3 is 0 Å². The molecule has 0 aliphatic heterocycles. The van der Waals surface area contributed by atoms with Crippen LogP contribution in [0.5, 0.6) is 11.5 Å². The lowest BCUT2D eigenvalue weighted by Crippen LogP contribution is -2.38. The minimum Gasteiger partial charge on any atom is -0.497 e. The first kappa shape index (κ1) is 17.3. The van der Waals surface area contributed by atoms with Gasteiger partial charge in [-0.25, -0.2) is 4.39 Å². The minimum absolute atomic E-state index is 0.120. The molecule has 5 heteroatoms. The molecule has 2 aromatic carbocycles. The Morgan fingerprint density at radius 2 is 1.68 bits per heavy atom. The van der Waals surface area contributed by atoms with Gasteiger partial charge in [0.2, 0.25) is 5.91 Å². The highest BCUT2D eigenvalue weighted by molar-refractivity contribution is 5.99. The molecule has 132 valence electrons. The maximum absolute atomic E-state index is 13.7. The van der Waals surface area contributed by atoms with E-state index in [1.54, 1.807) is 38.5 Å². The van der Waals surface area contributed by atoms with E-state index in [0.717, 1.165) is 18.4 Å². The molecule has 1 fully saturated rings. The summed E-state index contributed by atoms with van der Waals surface area (Å²) in [4.78, 5) is 13.1. The molecule has 2 aromatic rings. The van der Waals surface area contributed by atoms with Crippen molar-refractivity contribution in [3.8, 4) is 11.5 Å². The predicted molar refractivity (Wildman–Crippen MR) is 94.7 cm³/mol. The molecule has 1 saturated carbocycles. The molecule has 0 aromatic heterocycles. The summed E-state index contributed by atoms with van der Waals surface area (Å²) in [6, 6.07) is 11.6. The van der Waals surface area contributed by atoms with Crippen molar-refractivity contribution in [2.75, 3.05) is 19.5 Å². The average molecular weight is 343 g/mol. The summed E-state index contributed by atoms with van der Waals surface area (Å²) in [5, 5.41) is 2.97. The quantitative estimate of drug-likeness (QED) is 0.881. The van der Waals surface area contributed by atoms with Crippen molar-refractivity contribution < 1.29 is 18.7 Å². The molecule has 0 spiro atoms. The number of anilines is 1. The van der Waals surface area contributed by atoms with Crippen LogP contribution in [0.25, 0.3) is 0 Å². The Bertz CT molecular complexity index is 747. The van der Waals surface area contributed by atoms with Gasteiger partial charge in [0, 0.05) is 23.9 Å². The maximum atomic E-state index is 13.7.